The van der Waals surface area contributed by atoms with Gasteiger partial charge in [0.25, 0.3) is 0 Å². The Bertz CT molecular complexity index is 482. The van der Waals surface area contributed by atoms with Crippen molar-refractivity contribution in [3.63, 3.8) is 0 Å². The Kier molecular flexibility index (Phi) is 4.16. The second kappa shape index (κ2) is 5.51. The lowest BCUT2D eigenvalue weighted by Gasteiger charge is -2.40. The van der Waals surface area contributed by atoms with Crippen LogP contribution in [0.5, 0.6) is 0 Å². The molecule has 1 aliphatic rings. The third-order valence-corrected chi connectivity index (χ3v) is 4.71. The molecule has 0 unspecified atom stereocenters. The number of piperidine rings is 1. The first-order valence-corrected chi connectivity index (χ1v) is 7.28. The predicted octanol–water partition coefficient (Wildman–Crippen LogP) is 2.13. The van der Waals surface area contributed by atoms with Crippen LogP contribution in [0.15, 0.2) is 22.7 Å². The van der Waals surface area contributed by atoms with Crippen LogP contribution in [-0.2, 0) is 0 Å². The quantitative estimate of drug-likeness (QED) is 0.895. The summed E-state index contributed by atoms with van der Waals surface area (Å²) < 4.78 is 0.763. The fourth-order valence-corrected chi connectivity index (χ4v) is 2.97. The molecule has 104 valence electrons. The SMILES string of the molecule is CNC1(C)CCN(c2ccc(C(N)=O)c(Br)c2)CC1. The zero-order valence-corrected chi connectivity index (χ0v) is 13.0. The fraction of sp³-hybridized carbons (Fsp3) is 0.500. The molecule has 5 heteroatoms. The molecule has 0 aromatic heterocycles. The number of carbonyl (C=O) groups excluding carboxylic acids is 1. The Morgan fingerprint density at radius 3 is 2.53 bits per heavy atom. The van der Waals surface area contributed by atoms with Crippen LogP contribution in [0.3, 0.4) is 0 Å². The minimum Gasteiger partial charge on any atom is -0.371 e. The van der Waals surface area contributed by atoms with E-state index in [1.165, 1.54) is 0 Å². The van der Waals surface area contributed by atoms with Gasteiger partial charge in [-0.25, -0.2) is 0 Å². The summed E-state index contributed by atoms with van der Waals surface area (Å²) in [7, 11) is 2.02. The fourth-order valence-electron chi connectivity index (χ4n) is 2.41. The third kappa shape index (κ3) is 3.09. The molecule has 0 radical (unpaired) electrons. The van der Waals surface area contributed by atoms with Crippen LogP contribution in [0.4, 0.5) is 5.69 Å². The summed E-state index contributed by atoms with van der Waals surface area (Å²) in [6.07, 6.45) is 2.22. The number of hydrogen-bond acceptors (Lipinski definition) is 3. The van der Waals surface area contributed by atoms with Crippen molar-refractivity contribution in [1.29, 1.82) is 0 Å². The van der Waals surface area contributed by atoms with Gasteiger partial charge in [0.2, 0.25) is 5.91 Å². The van der Waals surface area contributed by atoms with E-state index in [9.17, 15) is 4.79 Å². The topological polar surface area (TPSA) is 58.4 Å². The molecule has 1 heterocycles. The summed E-state index contributed by atoms with van der Waals surface area (Å²) >= 11 is 3.41. The number of nitrogens with zero attached hydrogens (tertiary/aromatic N) is 1. The molecule has 1 aromatic carbocycles. The smallest absolute Gasteiger partial charge is 0.249 e. The van der Waals surface area contributed by atoms with Crippen LogP contribution >= 0.6 is 15.9 Å². The van der Waals surface area contributed by atoms with Gasteiger partial charge in [-0.1, -0.05) is 0 Å². The van der Waals surface area contributed by atoms with Gasteiger partial charge in [-0.3, -0.25) is 4.79 Å². The minimum atomic E-state index is -0.403. The largest absolute Gasteiger partial charge is 0.371 e. The van der Waals surface area contributed by atoms with E-state index in [-0.39, 0.29) is 5.54 Å². The summed E-state index contributed by atoms with van der Waals surface area (Å²) in [5.74, 6) is -0.403. The molecule has 1 fully saturated rings. The predicted molar refractivity (Wildman–Crippen MR) is 81.6 cm³/mol. The summed E-state index contributed by atoms with van der Waals surface area (Å²) in [4.78, 5) is 13.5. The molecule has 4 nitrogen and oxygen atoms in total. The number of rotatable bonds is 3. The lowest BCUT2D eigenvalue weighted by molar-refractivity contribution is 0.0999. The van der Waals surface area contributed by atoms with Gasteiger partial charge in [0.1, 0.15) is 0 Å². The molecule has 0 atom stereocenters. The first-order chi connectivity index (χ1) is 8.95. The maximum absolute atomic E-state index is 11.2. The van der Waals surface area contributed by atoms with Crippen LogP contribution in [0.1, 0.15) is 30.1 Å². The molecule has 0 spiro atoms. The van der Waals surface area contributed by atoms with Crippen LogP contribution in [0.25, 0.3) is 0 Å². The van der Waals surface area contributed by atoms with E-state index >= 15 is 0 Å². The van der Waals surface area contributed by atoms with E-state index in [0.717, 1.165) is 36.1 Å². The summed E-state index contributed by atoms with van der Waals surface area (Å²) in [5, 5.41) is 3.39. The Morgan fingerprint density at radius 1 is 1.42 bits per heavy atom. The molecule has 0 saturated carbocycles. The first-order valence-electron chi connectivity index (χ1n) is 6.48. The Balaban J connectivity index is 2.12. The summed E-state index contributed by atoms with van der Waals surface area (Å²) in [6, 6.07) is 5.72. The Labute approximate surface area is 122 Å². The van der Waals surface area contributed by atoms with Crippen LogP contribution < -0.4 is 16.0 Å². The number of primary amides is 1. The molecule has 1 saturated heterocycles. The molecule has 0 bridgehead atoms. The molecule has 0 aliphatic carbocycles. The standard InChI is InChI=1S/C14H20BrN3O/c1-14(17-2)5-7-18(8-6-14)10-3-4-11(13(16)19)12(15)9-10/h3-4,9,17H,5-8H2,1-2H3,(H2,16,19). The van der Waals surface area contributed by atoms with E-state index < -0.39 is 5.91 Å². The van der Waals surface area contributed by atoms with Crippen molar-refractivity contribution < 1.29 is 4.79 Å². The molecule has 3 N–H and O–H groups in total. The highest BCUT2D eigenvalue weighted by Crippen LogP contribution is 2.29. The Hall–Kier alpha value is -1.07. The number of anilines is 1. The minimum absolute atomic E-state index is 0.237. The highest BCUT2D eigenvalue weighted by atomic mass is 79.9. The molecule has 1 amide bonds. The number of benzene rings is 1. The van der Waals surface area contributed by atoms with Gasteiger partial charge in [0.05, 0.1) is 5.56 Å². The van der Waals surface area contributed by atoms with Crippen molar-refractivity contribution in [3.8, 4) is 0 Å². The van der Waals surface area contributed by atoms with E-state index in [1.54, 1.807) is 6.07 Å². The van der Waals surface area contributed by atoms with Gasteiger partial charge in [-0.05, 0) is 60.9 Å². The molecular weight excluding hydrogens is 306 g/mol. The van der Waals surface area contributed by atoms with Crippen molar-refractivity contribution in [1.82, 2.24) is 5.32 Å². The maximum atomic E-state index is 11.2. The second-order valence-electron chi connectivity index (χ2n) is 5.33. The zero-order valence-electron chi connectivity index (χ0n) is 11.4. The van der Waals surface area contributed by atoms with Gasteiger partial charge in [0, 0.05) is 28.8 Å². The third-order valence-electron chi connectivity index (χ3n) is 4.05. The molecule has 2 rings (SSSR count). The number of carbonyl (C=O) groups is 1. The van der Waals surface area contributed by atoms with E-state index in [4.69, 9.17) is 5.73 Å². The van der Waals surface area contributed by atoms with E-state index in [1.807, 2.05) is 19.2 Å². The maximum Gasteiger partial charge on any atom is 0.249 e. The summed E-state index contributed by atoms with van der Waals surface area (Å²) in [6.45, 7) is 4.29. The first kappa shape index (κ1) is 14.3. The second-order valence-corrected chi connectivity index (χ2v) is 6.18. The molecule has 1 aliphatic heterocycles. The van der Waals surface area contributed by atoms with Gasteiger partial charge in [0.15, 0.2) is 0 Å². The lowest BCUT2D eigenvalue weighted by atomic mass is 9.89. The van der Waals surface area contributed by atoms with E-state index in [2.05, 4.69) is 33.1 Å². The van der Waals surface area contributed by atoms with Crippen molar-refractivity contribution in [3.05, 3.63) is 28.2 Å². The average Bonchev–Trinajstić information content (AvgIpc) is 2.39. The van der Waals surface area contributed by atoms with Crippen molar-refractivity contribution >= 4 is 27.5 Å². The highest BCUT2D eigenvalue weighted by molar-refractivity contribution is 9.10. The zero-order chi connectivity index (χ0) is 14.0. The lowest BCUT2D eigenvalue weighted by Crippen LogP contribution is -2.50. The number of hydrogen-bond donors (Lipinski definition) is 2. The van der Waals surface area contributed by atoms with Crippen molar-refractivity contribution in [2.45, 2.75) is 25.3 Å². The monoisotopic (exact) mass is 325 g/mol. The number of nitrogens with two attached hydrogens (primary N) is 1. The van der Waals surface area contributed by atoms with Crippen molar-refractivity contribution in [2.75, 3.05) is 25.0 Å². The van der Waals surface area contributed by atoms with Gasteiger partial charge in [-0.15, -0.1) is 0 Å². The molecule has 1 aromatic rings. The van der Waals surface area contributed by atoms with Crippen LogP contribution in [0.2, 0.25) is 0 Å². The van der Waals surface area contributed by atoms with E-state index in [0.29, 0.717) is 5.56 Å². The number of halogens is 1. The molecule has 19 heavy (non-hydrogen) atoms. The number of nitrogens with one attached hydrogen (secondary N) is 1. The van der Waals surface area contributed by atoms with Gasteiger partial charge >= 0.3 is 0 Å². The highest BCUT2D eigenvalue weighted by Gasteiger charge is 2.28. The van der Waals surface area contributed by atoms with Gasteiger partial charge < -0.3 is 16.0 Å². The molecular formula is C14H20BrN3O. The van der Waals surface area contributed by atoms with Crippen LogP contribution in [-0.4, -0.2) is 31.6 Å². The normalized spacial score (nSPS) is 18.4. The van der Waals surface area contributed by atoms with Crippen molar-refractivity contribution in [2.24, 2.45) is 5.73 Å². The average molecular weight is 326 g/mol. The number of amides is 1. The van der Waals surface area contributed by atoms with Crippen LogP contribution in [0, 0.1) is 0 Å². The van der Waals surface area contributed by atoms with Gasteiger partial charge in [-0.2, -0.15) is 0 Å². The summed E-state index contributed by atoms with van der Waals surface area (Å²) in [5.41, 5.74) is 7.21. The Morgan fingerprint density at radius 2 is 2.05 bits per heavy atom.